The molecule has 0 N–H and O–H groups in total. The Balaban J connectivity index is 1.50. The maximum Gasteiger partial charge on any atom is 0.416 e. The molecule has 0 spiro atoms. The molecule has 0 unspecified atom stereocenters. The van der Waals surface area contributed by atoms with E-state index in [9.17, 15) is 31.6 Å². The molecule has 9 rings (SSSR count). The largest absolute Gasteiger partial charge is 0.416 e. The lowest BCUT2D eigenvalue weighted by molar-refractivity contribution is -0.143. The first-order chi connectivity index (χ1) is 32.5. The number of nitriles is 1. The Labute approximate surface area is 406 Å². The molecular formula is C61H57F6N3. The normalized spacial score (nSPS) is 13.3. The van der Waals surface area contributed by atoms with Crippen LogP contribution >= 0.6 is 0 Å². The summed E-state index contributed by atoms with van der Waals surface area (Å²) in [5.74, 6) is 0. The minimum absolute atomic E-state index is 0.0940. The number of rotatable bonds is 4. The van der Waals surface area contributed by atoms with Gasteiger partial charge in [-0.2, -0.15) is 31.6 Å². The van der Waals surface area contributed by atoms with E-state index < -0.39 is 23.5 Å². The van der Waals surface area contributed by atoms with Gasteiger partial charge in [0.25, 0.3) is 0 Å². The number of hydrogen-bond acceptors (Lipinski definition) is 1. The zero-order chi connectivity index (χ0) is 50.8. The minimum Gasteiger partial charge on any atom is -0.309 e. The van der Waals surface area contributed by atoms with Crippen molar-refractivity contribution in [3.05, 3.63) is 166 Å². The number of benzene rings is 7. The summed E-state index contributed by atoms with van der Waals surface area (Å²) in [5.41, 5.74) is 5.54. The van der Waals surface area contributed by atoms with Crippen molar-refractivity contribution >= 4 is 43.6 Å². The Morgan fingerprint density at radius 2 is 0.700 bits per heavy atom. The molecule has 9 heteroatoms. The Bertz CT molecular complexity index is 3440. The van der Waals surface area contributed by atoms with Gasteiger partial charge in [0.15, 0.2) is 0 Å². The molecule has 358 valence electrons. The van der Waals surface area contributed by atoms with Crippen molar-refractivity contribution in [2.24, 2.45) is 0 Å². The van der Waals surface area contributed by atoms with E-state index in [2.05, 4.69) is 159 Å². The topological polar surface area (TPSA) is 33.6 Å². The van der Waals surface area contributed by atoms with E-state index in [1.807, 2.05) is 24.3 Å². The third-order valence-electron chi connectivity index (χ3n) is 13.8. The van der Waals surface area contributed by atoms with Crippen LogP contribution in [0.15, 0.2) is 127 Å². The molecule has 0 bridgehead atoms. The van der Waals surface area contributed by atoms with Crippen LogP contribution in [0, 0.1) is 11.3 Å². The first-order valence-electron chi connectivity index (χ1n) is 23.6. The molecule has 0 aliphatic heterocycles. The average Bonchev–Trinajstić information content (AvgIpc) is 3.78. The van der Waals surface area contributed by atoms with E-state index in [0.717, 1.165) is 78.0 Å². The summed E-state index contributed by atoms with van der Waals surface area (Å²) >= 11 is 0. The fourth-order valence-electron chi connectivity index (χ4n) is 9.85. The lowest BCUT2D eigenvalue weighted by atomic mass is 9.85. The molecule has 0 atom stereocenters. The quantitative estimate of drug-likeness (QED) is 0.162. The first-order valence-corrected chi connectivity index (χ1v) is 23.6. The fraction of sp³-hybridized carbons (Fsp3) is 0.295. The summed E-state index contributed by atoms with van der Waals surface area (Å²) in [4.78, 5) is 0. The highest BCUT2D eigenvalue weighted by Crippen LogP contribution is 2.49. The molecule has 0 saturated carbocycles. The average molecular weight is 946 g/mol. The van der Waals surface area contributed by atoms with Crippen LogP contribution in [0.2, 0.25) is 0 Å². The lowest BCUT2D eigenvalue weighted by Crippen LogP contribution is -2.11. The monoisotopic (exact) mass is 945 g/mol. The maximum absolute atomic E-state index is 14.8. The second-order valence-corrected chi connectivity index (χ2v) is 22.9. The Hall–Kier alpha value is -6.79. The van der Waals surface area contributed by atoms with Crippen LogP contribution in [0.4, 0.5) is 26.3 Å². The maximum atomic E-state index is 14.8. The molecule has 9 aromatic rings. The summed E-state index contributed by atoms with van der Waals surface area (Å²) in [7, 11) is 0. The molecule has 3 nitrogen and oxygen atoms in total. The van der Waals surface area contributed by atoms with Crippen molar-refractivity contribution in [1.29, 1.82) is 5.26 Å². The molecule has 7 aromatic carbocycles. The number of nitrogens with zero attached hydrogens (tertiary/aromatic N) is 3. The molecule has 2 heterocycles. The van der Waals surface area contributed by atoms with Crippen LogP contribution in [0.3, 0.4) is 0 Å². The molecule has 2 aromatic heterocycles. The molecule has 0 fully saturated rings. The van der Waals surface area contributed by atoms with Crippen molar-refractivity contribution in [1.82, 2.24) is 9.13 Å². The molecule has 0 aliphatic rings. The zero-order valence-electron chi connectivity index (χ0n) is 41.7. The van der Waals surface area contributed by atoms with Crippen molar-refractivity contribution in [2.75, 3.05) is 0 Å². The molecule has 0 saturated heterocycles. The van der Waals surface area contributed by atoms with E-state index in [4.69, 9.17) is 0 Å². The Morgan fingerprint density at radius 3 is 1.01 bits per heavy atom. The standard InChI is InChI=1S/C61H57F6N3/c1-56(2,3)37-19-23-48-44(30-37)45-31-38(57(4,5)6)20-24-49(45)69(48)52-17-13-15-35(34-68)54(52)55-43(36-27-41(60(62,63)64)29-42(28-36)61(65,66)67)16-14-18-53(55)70-50-25-21-39(58(7,8)9)32-46(50)47-33-40(59(10,11)12)22-26-51(47)70/h13-33H,1-12H3. The number of alkyl halides is 6. The third kappa shape index (κ3) is 8.33. The Kier molecular flexibility index (Phi) is 11.1. The lowest BCUT2D eigenvalue weighted by Gasteiger charge is -2.24. The SMILES string of the molecule is CC(C)(C)c1ccc2c(c1)c1cc(C(C)(C)C)ccc1n2-c1cccc(C#N)c1-c1c(-c2cc(C(F)(F)F)cc(C(F)(F)F)c2)cccc1-n1c2ccc(C(C)(C)C)cc2c2cc(C(C)(C)C)ccc21. The van der Waals surface area contributed by atoms with Gasteiger partial charge in [0, 0.05) is 32.7 Å². The van der Waals surface area contributed by atoms with Crippen LogP contribution < -0.4 is 0 Å². The van der Waals surface area contributed by atoms with Gasteiger partial charge in [-0.1, -0.05) is 126 Å². The van der Waals surface area contributed by atoms with Crippen LogP contribution in [0.5, 0.6) is 0 Å². The molecule has 0 amide bonds. The van der Waals surface area contributed by atoms with E-state index >= 15 is 0 Å². The smallest absolute Gasteiger partial charge is 0.309 e. The van der Waals surface area contributed by atoms with Gasteiger partial charge in [-0.05, 0) is 140 Å². The predicted molar refractivity (Wildman–Crippen MR) is 276 cm³/mol. The van der Waals surface area contributed by atoms with Crippen molar-refractivity contribution in [3.8, 4) is 39.7 Å². The van der Waals surface area contributed by atoms with E-state index in [1.165, 1.54) is 0 Å². The first kappa shape index (κ1) is 48.2. The second kappa shape index (κ2) is 16.1. The van der Waals surface area contributed by atoms with E-state index in [-0.39, 0.29) is 44.4 Å². The molecule has 0 aliphatic carbocycles. The van der Waals surface area contributed by atoms with Gasteiger partial charge in [0.2, 0.25) is 0 Å². The molecule has 0 radical (unpaired) electrons. The van der Waals surface area contributed by atoms with Crippen LogP contribution in [-0.2, 0) is 34.0 Å². The van der Waals surface area contributed by atoms with Gasteiger partial charge in [-0.3, -0.25) is 0 Å². The number of halogens is 6. The zero-order valence-corrected chi connectivity index (χ0v) is 41.7. The van der Waals surface area contributed by atoms with Gasteiger partial charge in [0.05, 0.1) is 56.2 Å². The summed E-state index contributed by atoms with van der Waals surface area (Å²) in [5, 5.41) is 15.1. The van der Waals surface area contributed by atoms with Crippen LogP contribution in [-0.4, -0.2) is 9.13 Å². The minimum atomic E-state index is -5.10. The predicted octanol–water partition coefficient (Wildman–Crippen LogP) is 18.3. The second-order valence-electron chi connectivity index (χ2n) is 22.9. The van der Waals surface area contributed by atoms with Crippen molar-refractivity contribution < 1.29 is 26.3 Å². The highest BCUT2D eigenvalue weighted by Gasteiger charge is 2.38. The summed E-state index contributed by atoms with van der Waals surface area (Å²) < 4.78 is 93.0. The number of aromatic nitrogens is 2. The van der Waals surface area contributed by atoms with Gasteiger partial charge < -0.3 is 9.13 Å². The third-order valence-corrected chi connectivity index (χ3v) is 13.8. The summed E-state index contributed by atoms with van der Waals surface area (Å²) in [6.07, 6.45) is -10.2. The fourth-order valence-corrected chi connectivity index (χ4v) is 9.85. The van der Waals surface area contributed by atoms with Gasteiger partial charge in [-0.15, -0.1) is 0 Å². The van der Waals surface area contributed by atoms with Gasteiger partial charge >= 0.3 is 12.4 Å². The molecular weight excluding hydrogens is 889 g/mol. The van der Waals surface area contributed by atoms with Gasteiger partial charge in [0.1, 0.15) is 0 Å². The summed E-state index contributed by atoms with van der Waals surface area (Å²) in [6, 6.07) is 39.8. The van der Waals surface area contributed by atoms with E-state index in [0.29, 0.717) is 22.5 Å². The highest BCUT2D eigenvalue weighted by atomic mass is 19.4. The van der Waals surface area contributed by atoms with Crippen LogP contribution in [0.1, 0.15) is 122 Å². The number of fused-ring (bicyclic) bond motifs is 6. The van der Waals surface area contributed by atoms with Crippen molar-refractivity contribution in [3.63, 3.8) is 0 Å². The highest BCUT2D eigenvalue weighted by molar-refractivity contribution is 6.13. The van der Waals surface area contributed by atoms with Crippen molar-refractivity contribution in [2.45, 2.75) is 117 Å². The Morgan fingerprint density at radius 1 is 0.371 bits per heavy atom. The van der Waals surface area contributed by atoms with Crippen LogP contribution in [0.25, 0.3) is 77.2 Å². The molecule has 70 heavy (non-hydrogen) atoms. The van der Waals surface area contributed by atoms with E-state index in [1.54, 1.807) is 24.3 Å². The summed E-state index contributed by atoms with van der Waals surface area (Å²) in [6.45, 7) is 25.8. The number of hydrogen-bond donors (Lipinski definition) is 0. The van der Waals surface area contributed by atoms with Gasteiger partial charge in [-0.25, -0.2) is 0 Å².